The number of aryl methyl sites for hydroxylation is 1. The summed E-state index contributed by atoms with van der Waals surface area (Å²) in [6, 6.07) is 0.0784. The van der Waals surface area contributed by atoms with Gasteiger partial charge in [-0.1, -0.05) is 0 Å². The van der Waals surface area contributed by atoms with Crippen LogP contribution in [0.3, 0.4) is 0 Å². The van der Waals surface area contributed by atoms with Gasteiger partial charge < -0.3 is 5.73 Å². The Morgan fingerprint density at radius 2 is 2.50 bits per heavy atom. The van der Waals surface area contributed by atoms with Crippen molar-refractivity contribution in [1.82, 2.24) is 9.78 Å². The van der Waals surface area contributed by atoms with Crippen molar-refractivity contribution in [1.29, 1.82) is 0 Å². The van der Waals surface area contributed by atoms with E-state index in [-0.39, 0.29) is 6.04 Å². The first-order valence-corrected chi connectivity index (χ1v) is 8.39. The van der Waals surface area contributed by atoms with Gasteiger partial charge in [-0.15, -0.1) is 0 Å². The molecule has 0 amide bonds. The van der Waals surface area contributed by atoms with Crippen LogP contribution in [-0.2, 0) is 6.54 Å². The van der Waals surface area contributed by atoms with Gasteiger partial charge in [0, 0.05) is 29.1 Å². The molecule has 2 rings (SSSR count). The van der Waals surface area contributed by atoms with Gasteiger partial charge in [-0.05, 0) is 22.9 Å². The largest absolute Gasteiger partial charge is 0.322 e. The second kappa shape index (κ2) is 5.80. The lowest BCUT2D eigenvalue weighted by Crippen LogP contribution is -2.31. The van der Waals surface area contributed by atoms with Gasteiger partial charge in [-0.25, -0.2) is 0 Å². The van der Waals surface area contributed by atoms with Crippen molar-refractivity contribution >= 4 is 39.5 Å². The first-order chi connectivity index (χ1) is 7.74. The quantitative estimate of drug-likeness (QED) is 0.929. The zero-order valence-corrected chi connectivity index (χ0v) is 12.4. The maximum Gasteiger partial charge on any atom is 0.0705 e. The van der Waals surface area contributed by atoms with Crippen LogP contribution in [0.15, 0.2) is 10.7 Å². The highest BCUT2D eigenvalue weighted by atomic mass is 79.9. The Kier molecular flexibility index (Phi) is 4.64. The van der Waals surface area contributed by atoms with Crippen LogP contribution in [0.1, 0.15) is 18.7 Å². The fourth-order valence-corrected chi connectivity index (χ4v) is 5.18. The van der Waals surface area contributed by atoms with Crippen molar-refractivity contribution < 1.29 is 0 Å². The van der Waals surface area contributed by atoms with Gasteiger partial charge >= 0.3 is 0 Å². The van der Waals surface area contributed by atoms with E-state index in [0.717, 1.165) is 22.5 Å². The van der Waals surface area contributed by atoms with Crippen molar-refractivity contribution in [2.24, 2.45) is 5.73 Å². The standard InChI is InChI=1S/C10H16BrN3S2/c1-2-14-10(7(11)5-13-14)9(12)8-6-15-3-4-16-8/h5,8-9H,2-4,6,12H2,1H3. The third-order valence-electron chi connectivity index (χ3n) is 2.69. The molecule has 0 saturated carbocycles. The third-order valence-corrected chi connectivity index (χ3v) is 6.19. The highest BCUT2D eigenvalue weighted by Crippen LogP contribution is 2.34. The Bertz CT molecular complexity index is 350. The van der Waals surface area contributed by atoms with E-state index in [1.807, 2.05) is 34.4 Å². The molecule has 0 aliphatic carbocycles. The zero-order valence-electron chi connectivity index (χ0n) is 9.23. The zero-order chi connectivity index (χ0) is 11.5. The van der Waals surface area contributed by atoms with Gasteiger partial charge in [0.1, 0.15) is 0 Å². The molecule has 2 atom stereocenters. The van der Waals surface area contributed by atoms with Gasteiger partial charge in [0.05, 0.1) is 22.4 Å². The maximum absolute atomic E-state index is 6.37. The summed E-state index contributed by atoms with van der Waals surface area (Å²) < 4.78 is 3.03. The van der Waals surface area contributed by atoms with Crippen LogP contribution in [0.2, 0.25) is 0 Å². The summed E-state index contributed by atoms with van der Waals surface area (Å²) in [5.41, 5.74) is 7.51. The molecule has 1 aromatic rings. The topological polar surface area (TPSA) is 43.8 Å². The molecule has 2 unspecified atom stereocenters. The molecule has 1 aliphatic rings. The average Bonchev–Trinajstić information content (AvgIpc) is 2.70. The number of aromatic nitrogens is 2. The second-order valence-electron chi connectivity index (χ2n) is 3.70. The summed E-state index contributed by atoms with van der Waals surface area (Å²) in [5.74, 6) is 3.61. The highest BCUT2D eigenvalue weighted by Gasteiger charge is 2.27. The lowest BCUT2D eigenvalue weighted by atomic mass is 10.1. The average molecular weight is 322 g/mol. The Labute approximate surface area is 113 Å². The predicted octanol–water partition coefficient (Wildman–Crippen LogP) is 2.51. The number of thioether (sulfide) groups is 2. The minimum atomic E-state index is 0.0784. The van der Waals surface area contributed by atoms with Gasteiger partial charge in [0.15, 0.2) is 0 Å². The molecular weight excluding hydrogens is 306 g/mol. The van der Waals surface area contributed by atoms with Gasteiger partial charge in [-0.2, -0.15) is 28.6 Å². The summed E-state index contributed by atoms with van der Waals surface area (Å²) in [6.07, 6.45) is 1.85. The molecule has 2 N–H and O–H groups in total. The van der Waals surface area contributed by atoms with Crippen LogP contribution in [0.25, 0.3) is 0 Å². The Balaban J connectivity index is 2.18. The monoisotopic (exact) mass is 321 g/mol. The maximum atomic E-state index is 6.37. The lowest BCUT2D eigenvalue weighted by molar-refractivity contribution is 0.567. The summed E-state index contributed by atoms with van der Waals surface area (Å²) >= 11 is 7.54. The van der Waals surface area contributed by atoms with E-state index >= 15 is 0 Å². The van der Waals surface area contributed by atoms with Crippen molar-refractivity contribution in [2.45, 2.75) is 24.8 Å². The summed E-state index contributed by atoms with van der Waals surface area (Å²) in [6.45, 7) is 2.97. The fraction of sp³-hybridized carbons (Fsp3) is 0.700. The van der Waals surface area contributed by atoms with E-state index in [2.05, 4.69) is 28.0 Å². The van der Waals surface area contributed by atoms with Crippen molar-refractivity contribution in [3.8, 4) is 0 Å². The van der Waals surface area contributed by atoms with E-state index in [0.29, 0.717) is 5.25 Å². The number of halogens is 1. The van der Waals surface area contributed by atoms with Crippen LogP contribution in [0, 0.1) is 0 Å². The molecule has 6 heteroatoms. The van der Waals surface area contributed by atoms with Crippen LogP contribution in [0.4, 0.5) is 0 Å². The molecule has 1 saturated heterocycles. The molecular formula is C10H16BrN3S2. The first kappa shape index (κ1) is 12.8. The van der Waals surface area contributed by atoms with Gasteiger partial charge in [0.25, 0.3) is 0 Å². The molecule has 1 aliphatic heterocycles. The minimum absolute atomic E-state index is 0.0784. The van der Waals surface area contributed by atoms with Crippen molar-refractivity contribution in [2.75, 3.05) is 17.3 Å². The van der Waals surface area contributed by atoms with E-state index in [9.17, 15) is 0 Å². The summed E-state index contributed by atoms with van der Waals surface area (Å²) in [7, 11) is 0. The molecule has 1 aromatic heterocycles. The molecule has 0 bridgehead atoms. The molecule has 0 spiro atoms. The number of nitrogens with zero attached hydrogens (tertiary/aromatic N) is 2. The van der Waals surface area contributed by atoms with Gasteiger partial charge in [0.2, 0.25) is 0 Å². The fourth-order valence-electron chi connectivity index (χ4n) is 1.84. The van der Waals surface area contributed by atoms with Crippen LogP contribution in [-0.4, -0.2) is 32.3 Å². The predicted molar refractivity (Wildman–Crippen MR) is 76.1 cm³/mol. The minimum Gasteiger partial charge on any atom is -0.322 e. The van der Waals surface area contributed by atoms with Crippen molar-refractivity contribution in [3.63, 3.8) is 0 Å². The van der Waals surface area contributed by atoms with Crippen LogP contribution < -0.4 is 5.73 Å². The van der Waals surface area contributed by atoms with Crippen LogP contribution >= 0.6 is 39.5 Å². The lowest BCUT2D eigenvalue weighted by Gasteiger charge is -2.27. The molecule has 1 fully saturated rings. The molecule has 2 heterocycles. The van der Waals surface area contributed by atoms with E-state index < -0.39 is 0 Å². The van der Waals surface area contributed by atoms with E-state index in [4.69, 9.17) is 5.73 Å². The summed E-state index contributed by atoms with van der Waals surface area (Å²) in [4.78, 5) is 0. The molecule has 0 aromatic carbocycles. The third kappa shape index (κ3) is 2.60. The number of hydrogen-bond donors (Lipinski definition) is 1. The normalized spacial score (nSPS) is 23.3. The Morgan fingerprint density at radius 3 is 3.12 bits per heavy atom. The second-order valence-corrected chi connectivity index (χ2v) is 7.05. The summed E-state index contributed by atoms with van der Waals surface area (Å²) in [5, 5.41) is 4.84. The number of rotatable bonds is 3. The highest BCUT2D eigenvalue weighted by molar-refractivity contribution is 9.10. The molecule has 0 radical (unpaired) electrons. The van der Waals surface area contributed by atoms with Gasteiger partial charge in [-0.3, -0.25) is 4.68 Å². The smallest absolute Gasteiger partial charge is 0.0705 e. The Hall–Kier alpha value is 0.350. The Morgan fingerprint density at radius 1 is 1.69 bits per heavy atom. The van der Waals surface area contributed by atoms with Crippen LogP contribution in [0.5, 0.6) is 0 Å². The molecule has 16 heavy (non-hydrogen) atoms. The van der Waals surface area contributed by atoms with Crippen molar-refractivity contribution in [3.05, 3.63) is 16.4 Å². The molecule has 90 valence electrons. The SMILES string of the molecule is CCn1ncc(Br)c1C(N)C1CSCCS1. The first-order valence-electron chi connectivity index (χ1n) is 5.40. The van der Waals surface area contributed by atoms with E-state index in [1.165, 1.54) is 11.5 Å². The number of hydrogen-bond acceptors (Lipinski definition) is 4. The molecule has 3 nitrogen and oxygen atoms in total. The van der Waals surface area contributed by atoms with E-state index in [1.54, 1.807) is 0 Å². The number of nitrogens with two attached hydrogens (primary N) is 1.